The summed E-state index contributed by atoms with van der Waals surface area (Å²) in [7, 11) is 2.10. The molecule has 1 saturated heterocycles. The highest BCUT2D eigenvalue weighted by atomic mass is 35.5. The first kappa shape index (κ1) is 21.2. The van der Waals surface area contributed by atoms with Gasteiger partial charge in [-0.05, 0) is 30.8 Å². The maximum atomic E-state index is 6.10. The van der Waals surface area contributed by atoms with Gasteiger partial charge in [-0.2, -0.15) is 20.1 Å². The Morgan fingerprint density at radius 1 is 0.939 bits per heavy atom. The summed E-state index contributed by atoms with van der Waals surface area (Å²) in [5.74, 6) is 2.05. The summed E-state index contributed by atoms with van der Waals surface area (Å²) in [6.45, 7) is 3.49. The van der Waals surface area contributed by atoms with Gasteiger partial charge < -0.3 is 19.9 Å². The number of halogens is 1. The van der Waals surface area contributed by atoms with Crippen LogP contribution in [0.15, 0.2) is 60.7 Å². The number of aromatic nitrogens is 5. The summed E-state index contributed by atoms with van der Waals surface area (Å²) in [5, 5.41) is 11.1. The topological polar surface area (TPSA) is 95.1 Å². The number of hydrogen-bond donors (Lipinski definition) is 2. The van der Waals surface area contributed by atoms with Gasteiger partial charge in [0.05, 0.1) is 5.69 Å². The van der Waals surface area contributed by atoms with E-state index >= 15 is 0 Å². The molecule has 4 aromatic rings. The number of benzene rings is 2. The lowest BCUT2D eigenvalue weighted by Crippen LogP contribution is -2.45. The Balaban J connectivity index is 1.43. The zero-order chi connectivity index (χ0) is 22.6. The second kappa shape index (κ2) is 9.43. The number of piperazine rings is 1. The third kappa shape index (κ3) is 5.21. The fourth-order valence-electron chi connectivity index (χ4n) is 3.50. The van der Waals surface area contributed by atoms with Crippen LogP contribution in [-0.4, -0.2) is 63.3 Å². The Hall–Kier alpha value is -3.69. The molecule has 5 rings (SSSR count). The molecule has 1 aliphatic heterocycles. The van der Waals surface area contributed by atoms with Crippen LogP contribution in [0, 0.1) is 0 Å². The van der Waals surface area contributed by atoms with Gasteiger partial charge in [-0.3, -0.25) is 5.10 Å². The lowest BCUT2D eigenvalue weighted by Gasteiger charge is -2.32. The molecule has 1 aliphatic rings. The summed E-state index contributed by atoms with van der Waals surface area (Å²) in [5.41, 5.74) is 1.93. The van der Waals surface area contributed by atoms with Gasteiger partial charge in [-0.1, -0.05) is 48.0 Å². The Bertz CT molecular complexity index is 1220. The quantitative estimate of drug-likeness (QED) is 0.440. The zero-order valence-electron chi connectivity index (χ0n) is 18.1. The minimum absolute atomic E-state index is 0.183. The molecule has 168 valence electrons. The maximum Gasteiger partial charge on any atom is 0.328 e. The van der Waals surface area contributed by atoms with Crippen LogP contribution < -0.4 is 15.0 Å². The second-order valence-electron chi connectivity index (χ2n) is 7.75. The van der Waals surface area contributed by atoms with Gasteiger partial charge in [-0.15, -0.1) is 0 Å². The van der Waals surface area contributed by atoms with Crippen LogP contribution >= 0.6 is 11.6 Å². The molecule has 0 unspecified atom stereocenters. The number of anilines is 3. The van der Waals surface area contributed by atoms with Crippen molar-refractivity contribution in [1.82, 2.24) is 30.0 Å². The normalized spacial score (nSPS) is 14.3. The average molecular weight is 463 g/mol. The number of ether oxygens (including phenoxy) is 1. The first-order chi connectivity index (χ1) is 16.1. The standard InChI is InChI=1S/C23H23ClN8O/c1-31-10-12-32(13-11-31)22-26-21(27-23(28-22)33-18-9-5-8-17(24)14-18)25-20-15-19(29-30-20)16-6-3-2-4-7-16/h2-9,14-15H,10-13H2,1H3,(H2,25,26,27,28,29,30). The SMILES string of the molecule is CN1CCN(c2nc(Nc3cc(-c4ccccc4)[nH]n3)nc(Oc3cccc(Cl)c3)n2)CC1. The molecule has 2 aromatic carbocycles. The van der Waals surface area contributed by atoms with Crippen molar-refractivity contribution >= 4 is 29.3 Å². The molecule has 33 heavy (non-hydrogen) atoms. The van der Waals surface area contributed by atoms with Gasteiger partial charge in [0.15, 0.2) is 5.82 Å². The van der Waals surface area contributed by atoms with Crippen molar-refractivity contribution in [2.24, 2.45) is 0 Å². The van der Waals surface area contributed by atoms with Crippen molar-refractivity contribution in [3.63, 3.8) is 0 Å². The van der Waals surface area contributed by atoms with Crippen molar-refractivity contribution in [3.05, 3.63) is 65.7 Å². The molecule has 10 heteroatoms. The maximum absolute atomic E-state index is 6.10. The van der Waals surface area contributed by atoms with E-state index in [-0.39, 0.29) is 6.01 Å². The number of likely N-dealkylation sites (N-methyl/N-ethyl adjacent to an activating group) is 1. The van der Waals surface area contributed by atoms with E-state index in [0.717, 1.165) is 37.4 Å². The molecule has 0 bridgehead atoms. The van der Waals surface area contributed by atoms with Crippen LogP contribution in [-0.2, 0) is 0 Å². The highest BCUT2D eigenvalue weighted by Crippen LogP contribution is 2.26. The third-order valence-corrected chi connectivity index (χ3v) is 5.53. The fourth-order valence-corrected chi connectivity index (χ4v) is 3.68. The first-order valence-corrected chi connectivity index (χ1v) is 11.0. The zero-order valence-corrected chi connectivity index (χ0v) is 18.8. The predicted octanol–water partition coefficient (Wildman–Crippen LogP) is 4.20. The summed E-state index contributed by atoms with van der Waals surface area (Å²) in [6, 6.07) is 19.2. The second-order valence-corrected chi connectivity index (χ2v) is 8.19. The van der Waals surface area contributed by atoms with Crippen LogP contribution in [0.3, 0.4) is 0 Å². The minimum atomic E-state index is 0.183. The molecular weight excluding hydrogens is 440 g/mol. The van der Waals surface area contributed by atoms with Crippen LogP contribution in [0.1, 0.15) is 0 Å². The van der Waals surface area contributed by atoms with Gasteiger partial charge in [0, 0.05) is 37.3 Å². The molecule has 1 fully saturated rings. The number of nitrogens with zero attached hydrogens (tertiary/aromatic N) is 6. The van der Waals surface area contributed by atoms with Gasteiger partial charge in [-0.25, -0.2) is 0 Å². The highest BCUT2D eigenvalue weighted by molar-refractivity contribution is 6.30. The highest BCUT2D eigenvalue weighted by Gasteiger charge is 2.20. The van der Waals surface area contributed by atoms with Gasteiger partial charge in [0.1, 0.15) is 5.75 Å². The smallest absolute Gasteiger partial charge is 0.328 e. The molecule has 0 saturated carbocycles. The average Bonchev–Trinajstić information content (AvgIpc) is 3.28. The molecule has 0 radical (unpaired) electrons. The summed E-state index contributed by atoms with van der Waals surface area (Å²) >= 11 is 6.10. The predicted molar refractivity (Wildman–Crippen MR) is 128 cm³/mol. The lowest BCUT2D eigenvalue weighted by atomic mass is 10.2. The number of nitrogens with one attached hydrogen (secondary N) is 2. The Labute approximate surface area is 196 Å². The Morgan fingerprint density at radius 2 is 1.76 bits per heavy atom. The molecule has 2 aromatic heterocycles. The van der Waals surface area contributed by atoms with Crippen LogP contribution in [0.25, 0.3) is 11.3 Å². The summed E-state index contributed by atoms with van der Waals surface area (Å²) in [4.78, 5) is 18.0. The van der Waals surface area contributed by atoms with E-state index < -0.39 is 0 Å². The number of hydrogen-bond acceptors (Lipinski definition) is 8. The van der Waals surface area contributed by atoms with E-state index in [1.54, 1.807) is 18.2 Å². The largest absolute Gasteiger partial charge is 0.424 e. The molecular formula is C23H23ClN8O. The molecule has 0 amide bonds. The number of H-pyrrole nitrogens is 1. The third-order valence-electron chi connectivity index (χ3n) is 5.30. The van der Waals surface area contributed by atoms with Crippen molar-refractivity contribution < 1.29 is 4.74 Å². The van der Waals surface area contributed by atoms with E-state index in [0.29, 0.717) is 28.5 Å². The minimum Gasteiger partial charge on any atom is -0.424 e. The molecule has 2 N–H and O–H groups in total. The van der Waals surface area contributed by atoms with E-state index in [1.807, 2.05) is 42.5 Å². The molecule has 0 aliphatic carbocycles. The van der Waals surface area contributed by atoms with Crippen molar-refractivity contribution in [3.8, 4) is 23.0 Å². The Morgan fingerprint density at radius 3 is 2.55 bits per heavy atom. The first-order valence-electron chi connectivity index (χ1n) is 10.6. The van der Waals surface area contributed by atoms with E-state index in [1.165, 1.54) is 0 Å². The van der Waals surface area contributed by atoms with Gasteiger partial charge in [0.2, 0.25) is 11.9 Å². The number of aromatic amines is 1. The monoisotopic (exact) mass is 462 g/mol. The fraction of sp³-hybridized carbons (Fsp3) is 0.217. The van der Waals surface area contributed by atoms with Crippen molar-refractivity contribution in [2.75, 3.05) is 43.4 Å². The van der Waals surface area contributed by atoms with Crippen LogP contribution in [0.5, 0.6) is 11.8 Å². The van der Waals surface area contributed by atoms with Gasteiger partial charge >= 0.3 is 6.01 Å². The summed E-state index contributed by atoms with van der Waals surface area (Å²) in [6.07, 6.45) is 0. The van der Waals surface area contributed by atoms with Crippen molar-refractivity contribution in [2.45, 2.75) is 0 Å². The summed E-state index contributed by atoms with van der Waals surface area (Å²) < 4.78 is 5.91. The van der Waals surface area contributed by atoms with E-state index in [4.69, 9.17) is 16.3 Å². The number of rotatable bonds is 6. The molecule has 0 atom stereocenters. The molecule has 9 nitrogen and oxygen atoms in total. The van der Waals surface area contributed by atoms with E-state index in [9.17, 15) is 0 Å². The van der Waals surface area contributed by atoms with Crippen LogP contribution in [0.2, 0.25) is 5.02 Å². The molecule has 3 heterocycles. The molecule has 0 spiro atoms. The lowest BCUT2D eigenvalue weighted by molar-refractivity contribution is 0.310. The van der Waals surface area contributed by atoms with Crippen LogP contribution in [0.4, 0.5) is 17.7 Å². The van der Waals surface area contributed by atoms with Gasteiger partial charge in [0.25, 0.3) is 0 Å². The Kier molecular flexibility index (Phi) is 6.05. The van der Waals surface area contributed by atoms with E-state index in [2.05, 4.69) is 47.3 Å². The van der Waals surface area contributed by atoms with Crippen molar-refractivity contribution in [1.29, 1.82) is 0 Å².